The van der Waals surface area contributed by atoms with Gasteiger partial charge in [0, 0.05) is 32.0 Å². The second-order valence-corrected chi connectivity index (χ2v) is 7.10. The fourth-order valence-electron chi connectivity index (χ4n) is 3.46. The lowest BCUT2D eigenvalue weighted by Gasteiger charge is -2.35. The second kappa shape index (κ2) is 7.79. The number of rotatable bonds is 6. The van der Waals surface area contributed by atoms with Crippen LogP contribution in [0.3, 0.4) is 0 Å². The van der Waals surface area contributed by atoms with E-state index in [9.17, 15) is 4.79 Å². The molecule has 2 N–H and O–H groups in total. The van der Waals surface area contributed by atoms with Crippen molar-refractivity contribution in [3.63, 3.8) is 0 Å². The van der Waals surface area contributed by atoms with Crippen LogP contribution in [0.15, 0.2) is 24.3 Å². The number of carbonyl (C=O) groups is 1. The van der Waals surface area contributed by atoms with Gasteiger partial charge in [-0.1, -0.05) is 19.1 Å². The van der Waals surface area contributed by atoms with E-state index in [1.165, 1.54) is 12.8 Å². The normalized spacial score (nSPS) is 20.2. The molecule has 0 spiro atoms. The average molecular weight is 328 g/mol. The number of hydrogen-bond donors (Lipinski definition) is 2. The van der Waals surface area contributed by atoms with E-state index in [0.29, 0.717) is 18.9 Å². The topological polar surface area (TPSA) is 61.0 Å². The molecular formula is C19H28N4O. The number of hydrogen-bond acceptors (Lipinski definition) is 3. The summed E-state index contributed by atoms with van der Waals surface area (Å²) in [4.78, 5) is 22.4. The second-order valence-electron chi connectivity index (χ2n) is 7.10. The predicted molar refractivity (Wildman–Crippen MR) is 96.9 cm³/mol. The van der Waals surface area contributed by atoms with Crippen molar-refractivity contribution in [1.82, 2.24) is 20.2 Å². The van der Waals surface area contributed by atoms with Crippen molar-refractivity contribution in [2.75, 3.05) is 19.6 Å². The van der Waals surface area contributed by atoms with Gasteiger partial charge in [-0.2, -0.15) is 0 Å². The maximum atomic E-state index is 12.1. The average Bonchev–Trinajstić information content (AvgIpc) is 3.00. The van der Waals surface area contributed by atoms with E-state index in [2.05, 4.69) is 34.0 Å². The van der Waals surface area contributed by atoms with Crippen molar-refractivity contribution in [2.45, 2.75) is 45.6 Å². The molecule has 0 bridgehead atoms. The number of carbonyl (C=O) groups excluding carboxylic acids is 1. The molecule has 1 fully saturated rings. The van der Waals surface area contributed by atoms with Crippen molar-refractivity contribution in [2.24, 2.45) is 5.92 Å². The van der Waals surface area contributed by atoms with Gasteiger partial charge >= 0.3 is 0 Å². The minimum atomic E-state index is 0.104. The summed E-state index contributed by atoms with van der Waals surface area (Å²) in [6.45, 7) is 7.55. The van der Waals surface area contributed by atoms with Crippen LogP contribution in [0.4, 0.5) is 0 Å². The number of aromatic nitrogens is 2. The molecule has 0 aliphatic carbocycles. The molecule has 2 atom stereocenters. The van der Waals surface area contributed by atoms with Gasteiger partial charge in [0.15, 0.2) is 0 Å². The van der Waals surface area contributed by atoms with Gasteiger partial charge in [0.05, 0.1) is 11.0 Å². The summed E-state index contributed by atoms with van der Waals surface area (Å²) < 4.78 is 0. The largest absolute Gasteiger partial charge is 0.355 e. The van der Waals surface area contributed by atoms with E-state index in [1.54, 1.807) is 0 Å². The molecule has 1 aromatic carbocycles. The van der Waals surface area contributed by atoms with Crippen LogP contribution in [0.1, 0.15) is 38.9 Å². The van der Waals surface area contributed by atoms with Crippen LogP contribution < -0.4 is 5.32 Å². The molecule has 1 aromatic heterocycles. The lowest BCUT2D eigenvalue weighted by molar-refractivity contribution is -0.121. The number of aryl methyl sites for hydroxylation is 1. The smallest absolute Gasteiger partial charge is 0.220 e. The Bertz CT molecular complexity index is 648. The van der Waals surface area contributed by atoms with Gasteiger partial charge in [0.1, 0.15) is 5.82 Å². The molecule has 24 heavy (non-hydrogen) atoms. The van der Waals surface area contributed by atoms with Gasteiger partial charge in [-0.05, 0) is 44.4 Å². The van der Waals surface area contributed by atoms with Gasteiger partial charge < -0.3 is 10.3 Å². The highest BCUT2D eigenvalue weighted by Crippen LogP contribution is 2.17. The third-order valence-corrected chi connectivity index (χ3v) is 4.93. The molecule has 5 nitrogen and oxygen atoms in total. The van der Waals surface area contributed by atoms with Gasteiger partial charge in [0.2, 0.25) is 5.91 Å². The standard InChI is InChI=1S/C19H28N4O/c1-14-6-5-11-23(13-14)15(2)12-20-19(24)10-9-18-21-16-7-3-4-8-17(16)22-18/h3-4,7-8,14-15H,5-6,9-13H2,1-2H3,(H,20,24)(H,21,22). The summed E-state index contributed by atoms with van der Waals surface area (Å²) in [6.07, 6.45) is 3.72. The maximum absolute atomic E-state index is 12.1. The first-order valence-electron chi connectivity index (χ1n) is 9.06. The summed E-state index contributed by atoms with van der Waals surface area (Å²) in [5.41, 5.74) is 1.99. The molecule has 3 rings (SSSR count). The highest BCUT2D eigenvalue weighted by Gasteiger charge is 2.21. The van der Waals surface area contributed by atoms with Crippen LogP contribution in [0.2, 0.25) is 0 Å². The minimum absolute atomic E-state index is 0.104. The molecule has 1 amide bonds. The molecular weight excluding hydrogens is 300 g/mol. The summed E-state index contributed by atoms with van der Waals surface area (Å²) in [7, 11) is 0. The van der Waals surface area contributed by atoms with Crippen molar-refractivity contribution in [1.29, 1.82) is 0 Å². The van der Waals surface area contributed by atoms with Crippen LogP contribution in [0.5, 0.6) is 0 Å². The Hall–Kier alpha value is -1.88. The van der Waals surface area contributed by atoms with E-state index < -0.39 is 0 Å². The van der Waals surface area contributed by atoms with E-state index in [-0.39, 0.29) is 5.91 Å². The zero-order chi connectivity index (χ0) is 16.9. The summed E-state index contributed by atoms with van der Waals surface area (Å²) >= 11 is 0. The Morgan fingerprint density at radius 2 is 2.29 bits per heavy atom. The van der Waals surface area contributed by atoms with Crippen LogP contribution in [0.25, 0.3) is 11.0 Å². The SMILES string of the molecule is CC1CCCN(C(C)CNC(=O)CCc2nc3ccccc3[nH]2)C1. The lowest BCUT2D eigenvalue weighted by atomic mass is 9.99. The number of para-hydroxylation sites is 2. The number of likely N-dealkylation sites (tertiary alicyclic amines) is 1. The predicted octanol–water partition coefficient (Wildman–Crippen LogP) is 2.73. The van der Waals surface area contributed by atoms with Gasteiger partial charge in [0.25, 0.3) is 0 Å². The molecule has 1 aliphatic rings. The van der Waals surface area contributed by atoms with E-state index >= 15 is 0 Å². The van der Waals surface area contributed by atoms with Gasteiger partial charge in [-0.15, -0.1) is 0 Å². The molecule has 2 unspecified atom stereocenters. The van der Waals surface area contributed by atoms with Gasteiger partial charge in [-0.25, -0.2) is 4.98 Å². The molecule has 1 aliphatic heterocycles. The molecule has 0 saturated carbocycles. The van der Waals surface area contributed by atoms with Crippen LogP contribution in [0, 0.1) is 5.92 Å². The van der Waals surface area contributed by atoms with E-state index in [0.717, 1.165) is 42.4 Å². The van der Waals surface area contributed by atoms with Crippen molar-refractivity contribution >= 4 is 16.9 Å². The number of piperidine rings is 1. The summed E-state index contributed by atoms with van der Waals surface area (Å²) in [5.74, 6) is 1.75. The first kappa shape index (κ1) is 17.0. The lowest BCUT2D eigenvalue weighted by Crippen LogP contribution is -2.46. The fourth-order valence-corrected chi connectivity index (χ4v) is 3.46. The molecule has 0 radical (unpaired) electrons. The molecule has 2 aromatic rings. The van der Waals surface area contributed by atoms with Crippen molar-refractivity contribution < 1.29 is 4.79 Å². The number of H-pyrrole nitrogens is 1. The number of nitrogens with zero attached hydrogens (tertiary/aromatic N) is 2. The van der Waals surface area contributed by atoms with Crippen LogP contribution >= 0.6 is 0 Å². The van der Waals surface area contributed by atoms with E-state index in [4.69, 9.17) is 0 Å². The number of amides is 1. The number of nitrogens with one attached hydrogen (secondary N) is 2. The van der Waals surface area contributed by atoms with Gasteiger partial charge in [-0.3, -0.25) is 9.69 Å². The van der Waals surface area contributed by atoms with Crippen LogP contribution in [-0.2, 0) is 11.2 Å². The Kier molecular flexibility index (Phi) is 5.51. The maximum Gasteiger partial charge on any atom is 0.220 e. The Balaban J connectivity index is 1.42. The van der Waals surface area contributed by atoms with Crippen molar-refractivity contribution in [3.05, 3.63) is 30.1 Å². The Labute approximate surface area is 143 Å². The monoisotopic (exact) mass is 328 g/mol. The zero-order valence-electron chi connectivity index (χ0n) is 14.7. The van der Waals surface area contributed by atoms with Crippen molar-refractivity contribution in [3.8, 4) is 0 Å². The fraction of sp³-hybridized carbons (Fsp3) is 0.579. The Morgan fingerprint density at radius 3 is 3.08 bits per heavy atom. The highest BCUT2D eigenvalue weighted by atomic mass is 16.1. The zero-order valence-corrected chi connectivity index (χ0v) is 14.7. The first-order valence-corrected chi connectivity index (χ1v) is 9.06. The third-order valence-electron chi connectivity index (χ3n) is 4.93. The summed E-state index contributed by atoms with van der Waals surface area (Å²) in [6, 6.07) is 8.36. The highest BCUT2D eigenvalue weighted by molar-refractivity contribution is 5.77. The number of imidazole rings is 1. The number of fused-ring (bicyclic) bond motifs is 1. The summed E-state index contributed by atoms with van der Waals surface area (Å²) in [5, 5.41) is 3.08. The quantitative estimate of drug-likeness (QED) is 0.857. The van der Waals surface area contributed by atoms with Crippen LogP contribution in [-0.4, -0.2) is 46.5 Å². The van der Waals surface area contributed by atoms with E-state index in [1.807, 2.05) is 24.3 Å². The number of benzene rings is 1. The molecule has 130 valence electrons. The molecule has 1 saturated heterocycles. The Morgan fingerprint density at radius 1 is 1.46 bits per heavy atom. The molecule has 2 heterocycles. The molecule has 5 heteroatoms. The number of aromatic amines is 1. The minimum Gasteiger partial charge on any atom is -0.355 e. The first-order chi connectivity index (χ1) is 11.6. The third kappa shape index (κ3) is 4.35.